The lowest BCUT2D eigenvalue weighted by atomic mass is 10.4. The van der Waals surface area contributed by atoms with E-state index in [0.717, 1.165) is 16.8 Å². The highest BCUT2D eigenvalue weighted by Gasteiger charge is 2.04. The number of H-pyrrole nitrogens is 1. The van der Waals surface area contributed by atoms with E-state index in [0.29, 0.717) is 0 Å². The Morgan fingerprint density at radius 1 is 1.54 bits per heavy atom. The van der Waals surface area contributed by atoms with Crippen LogP contribution in [-0.4, -0.2) is 26.9 Å². The van der Waals surface area contributed by atoms with Crippen LogP contribution < -0.4 is 11.1 Å². The van der Waals surface area contributed by atoms with Crippen molar-refractivity contribution >= 4 is 11.6 Å². The normalized spacial score (nSPS) is 12.8. The zero-order valence-corrected chi connectivity index (χ0v) is 7.49. The first-order chi connectivity index (χ1) is 6.13. The van der Waals surface area contributed by atoms with Crippen molar-refractivity contribution in [2.45, 2.75) is 12.6 Å². The summed E-state index contributed by atoms with van der Waals surface area (Å²) in [5.74, 6) is 0.0172. The number of aliphatic hydroxyl groups is 1. The molecule has 5 nitrogen and oxygen atoms in total. The first-order valence-corrected chi connectivity index (χ1v) is 4.21. The minimum absolute atomic E-state index is 0.00157. The van der Waals surface area contributed by atoms with Gasteiger partial charge in [-0.2, -0.15) is 0 Å². The van der Waals surface area contributed by atoms with Crippen LogP contribution in [0.5, 0.6) is 0 Å². The number of alkyl halides is 1. The Bertz CT molecular complexity index is 384. The Labute approximate surface area is 78.6 Å². The van der Waals surface area contributed by atoms with Crippen molar-refractivity contribution in [3.05, 3.63) is 32.8 Å². The predicted molar refractivity (Wildman–Crippen MR) is 48.0 cm³/mol. The molecule has 1 aromatic rings. The molecular weight excluding hydrogens is 196 g/mol. The maximum atomic E-state index is 11.1. The van der Waals surface area contributed by atoms with Crippen LogP contribution in [0.2, 0.25) is 0 Å². The zero-order chi connectivity index (χ0) is 9.84. The molecule has 0 amide bonds. The highest BCUT2D eigenvalue weighted by Crippen LogP contribution is 1.88. The van der Waals surface area contributed by atoms with Crippen molar-refractivity contribution in [3.8, 4) is 0 Å². The van der Waals surface area contributed by atoms with Crippen LogP contribution in [0, 0.1) is 0 Å². The second-order valence-corrected chi connectivity index (χ2v) is 2.87. The second-order valence-electron chi connectivity index (χ2n) is 2.57. The largest absolute Gasteiger partial charge is 0.390 e. The second kappa shape index (κ2) is 4.25. The molecule has 0 saturated carbocycles. The summed E-state index contributed by atoms with van der Waals surface area (Å²) in [6.07, 6.45) is -0.836. The molecule has 1 aromatic heterocycles. The van der Waals surface area contributed by atoms with Gasteiger partial charge in [-0.25, -0.2) is 4.68 Å². The molecule has 0 aliphatic carbocycles. The average molecular weight is 205 g/mol. The number of hydrogen-bond acceptors (Lipinski definition) is 3. The van der Waals surface area contributed by atoms with Crippen LogP contribution in [0.1, 0.15) is 0 Å². The van der Waals surface area contributed by atoms with Gasteiger partial charge < -0.3 is 5.11 Å². The fourth-order valence-corrected chi connectivity index (χ4v) is 0.955. The van der Waals surface area contributed by atoms with Gasteiger partial charge in [0.15, 0.2) is 0 Å². The lowest BCUT2D eigenvalue weighted by Gasteiger charge is -2.07. The summed E-state index contributed by atoms with van der Waals surface area (Å²) in [6.45, 7) is -0.00157. The molecule has 0 bridgehead atoms. The van der Waals surface area contributed by atoms with Crippen LogP contribution in [0.15, 0.2) is 21.7 Å². The van der Waals surface area contributed by atoms with E-state index in [1.54, 1.807) is 0 Å². The summed E-state index contributed by atoms with van der Waals surface area (Å²) < 4.78 is 1.02. The van der Waals surface area contributed by atoms with Gasteiger partial charge in [0.1, 0.15) is 0 Å². The van der Waals surface area contributed by atoms with Crippen molar-refractivity contribution in [1.82, 2.24) is 9.78 Å². The van der Waals surface area contributed by atoms with Crippen LogP contribution in [0.4, 0.5) is 0 Å². The Morgan fingerprint density at radius 2 is 2.23 bits per heavy atom. The standard InChI is InChI=1S/C7H9ClN2O3/c8-3-5(11)4-10-7(13)2-1-6(12)9-10/h1-2,5,11H,3-4H2,(H,9,12). The van der Waals surface area contributed by atoms with E-state index < -0.39 is 6.10 Å². The van der Waals surface area contributed by atoms with Gasteiger partial charge in [0.25, 0.3) is 11.1 Å². The maximum Gasteiger partial charge on any atom is 0.265 e. The fourth-order valence-electron chi connectivity index (χ4n) is 0.857. The number of rotatable bonds is 3. The first kappa shape index (κ1) is 10.0. The van der Waals surface area contributed by atoms with Crippen molar-refractivity contribution in [3.63, 3.8) is 0 Å². The number of hydrogen-bond donors (Lipinski definition) is 2. The van der Waals surface area contributed by atoms with Crippen LogP contribution in [0.25, 0.3) is 0 Å². The molecule has 1 rings (SSSR count). The smallest absolute Gasteiger partial charge is 0.265 e. The SMILES string of the molecule is O=c1ccc(=O)n(CC(O)CCl)[nH]1. The molecule has 0 radical (unpaired) electrons. The van der Waals surface area contributed by atoms with E-state index in [2.05, 4.69) is 5.10 Å². The molecule has 6 heteroatoms. The van der Waals surface area contributed by atoms with Gasteiger partial charge in [-0.1, -0.05) is 0 Å². The molecule has 0 fully saturated rings. The molecule has 1 atom stereocenters. The Morgan fingerprint density at radius 3 is 2.85 bits per heavy atom. The summed E-state index contributed by atoms with van der Waals surface area (Å²) in [7, 11) is 0. The number of aromatic nitrogens is 2. The lowest BCUT2D eigenvalue weighted by Crippen LogP contribution is -2.32. The minimum Gasteiger partial charge on any atom is -0.390 e. The number of aliphatic hydroxyl groups excluding tert-OH is 1. The van der Waals surface area contributed by atoms with Gasteiger partial charge in [-0.05, 0) is 0 Å². The molecule has 0 saturated heterocycles. The number of aromatic amines is 1. The van der Waals surface area contributed by atoms with Gasteiger partial charge in [0, 0.05) is 12.1 Å². The molecule has 1 heterocycles. The maximum absolute atomic E-state index is 11.1. The van der Waals surface area contributed by atoms with E-state index in [1.165, 1.54) is 0 Å². The third-order valence-corrected chi connectivity index (χ3v) is 1.82. The van der Waals surface area contributed by atoms with Gasteiger partial charge in [-0.3, -0.25) is 14.7 Å². The number of nitrogens with zero attached hydrogens (tertiary/aromatic N) is 1. The molecule has 72 valence electrons. The number of nitrogens with one attached hydrogen (secondary N) is 1. The molecule has 13 heavy (non-hydrogen) atoms. The summed E-state index contributed by atoms with van der Waals surface area (Å²) in [5.41, 5.74) is -0.759. The average Bonchev–Trinajstić information content (AvgIpc) is 2.11. The molecule has 0 spiro atoms. The summed E-state index contributed by atoms with van der Waals surface area (Å²) in [4.78, 5) is 21.8. The Balaban J connectivity index is 2.94. The summed E-state index contributed by atoms with van der Waals surface area (Å²) in [5, 5.41) is 11.4. The van der Waals surface area contributed by atoms with E-state index >= 15 is 0 Å². The first-order valence-electron chi connectivity index (χ1n) is 3.67. The monoisotopic (exact) mass is 204 g/mol. The van der Waals surface area contributed by atoms with Crippen LogP contribution in [-0.2, 0) is 6.54 Å². The van der Waals surface area contributed by atoms with E-state index in [4.69, 9.17) is 16.7 Å². The van der Waals surface area contributed by atoms with Crippen molar-refractivity contribution in [2.24, 2.45) is 0 Å². The van der Waals surface area contributed by atoms with Crippen LogP contribution >= 0.6 is 11.6 Å². The van der Waals surface area contributed by atoms with Gasteiger partial charge in [0.2, 0.25) is 0 Å². The molecule has 0 aliphatic heterocycles. The van der Waals surface area contributed by atoms with E-state index in [1.807, 2.05) is 0 Å². The van der Waals surface area contributed by atoms with Crippen LogP contribution in [0.3, 0.4) is 0 Å². The number of halogens is 1. The molecule has 0 aromatic carbocycles. The quantitative estimate of drug-likeness (QED) is 0.629. The van der Waals surface area contributed by atoms with E-state index in [-0.39, 0.29) is 23.5 Å². The predicted octanol–water partition coefficient (Wildman–Crippen LogP) is -0.864. The van der Waals surface area contributed by atoms with Crippen molar-refractivity contribution in [1.29, 1.82) is 0 Å². The summed E-state index contributed by atoms with van der Waals surface area (Å²) in [6, 6.07) is 2.27. The fraction of sp³-hybridized carbons (Fsp3) is 0.429. The molecule has 0 aliphatic rings. The molecule has 1 unspecified atom stereocenters. The third-order valence-electron chi connectivity index (χ3n) is 1.46. The third kappa shape index (κ3) is 2.71. The highest BCUT2D eigenvalue weighted by atomic mass is 35.5. The Kier molecular flexibility index (Phi) is 3.27. The summed E-state index contributed by atoms with van der Waals surface area (Å²) >= 11 is 5.34. The molecule has 2 N–H and O–H groups in total. The zero-order valence-electron chi connectivity index (χ0n) is 6.74. The van der Waals surface area contributed by atoms with Crippen molar-refractivity contribution < 1.29 is 5.11 Å². The van der Waals surface area contributed by atoms with Gasteiger partial charge in [0.05, 0.1) is 18.5 Å². The topological polar surface area (TPSA) is 75.1 Å². The van der Waals surface area contributed by atoms with Gasteiger partial charge >= 0.3 is 0 Å². The minimum atomic E-state index is -0.836. The molecular formula is C7H9ClN2O3. The van der Waals surface area contributed by atoms with Gasteiger partial charge in [-0.15, -0.1) is 11.6 Å². The van der Waals surface area contributed by atoms with E-state index in [9.17, 15) is 9.59 Å². The lowest BCUT2D eigenvalue weighted by molar-refractivity contribution is 0.169. The Hall–Kier alpha value is -1.07. The van der Waals surface area contributed by atoms with Crippen molar-refractivity contribution in [2.75, 3.05) is 5.88 Å². The highest BCUT2D eigenvalue weighted by molar-refractivity contribution is 6.18.